The zero-order valence-corrected chi connectivity index (χ0v) is 17.9. The molecule has 0 unspecified atom stereocenters. The monoisotopic (exact) mass is 463 g/mol. The number of carbonyl (C=O) groups is 1. The van der Waals surface area contributed by atoms with Gasteiger partial charge < -0.3 is 15.3 Å². The molecule has 2 N–H and O–H groups in total. The number of aliphatic hydroxyl groups is 1. The van der Waals surface area contributed by atoms with Crippen LogP contribution in [0, 0.1) is 0 Å². The Morgan fingerprint density at radius 3 is 2.66 bits per heavy atom. The molecule has 7 nitrogen and oxygen atoms in total. The number of rotatable bonds is 4. The molecule has 32 heavy (non-hydrogen) atoms. The first kappa shape index (κ1) is 22.2. The van der Waals surface area contributed by atoms with E-state index in [0.717, 1.165) is 22.7 Å². The third-order valence-electron chi connectivity index (χ3n) is 5.29. The standard InChI is InChI=1S/C21H20F3N5O2S/c1-13(30)29-9-6-20(31,7-10-29)18-26-12-16(32-18)14-3-2-4-15(11-14)27-19-25-8-5-17(28-19)21(22,23)24/h2-5,8,11-12,31H,6-7,9-10H2,1H3,(H,25,27,28). The number of hydrogen-bond donors (Lipinski definition) is 2. The molecule has 0 spiro atoms. The maximum atomic E-state index is 12.9. The fraction of sp³-hybridized carbons (Fsp3) is 0.333. The van der Waals surface area contributed by atoms with Crippen LogP contribution in [-0.4, -0.2) is 44.0 Å². The van der Waals surface area contributed by atoms with E-state index in [1.807, 2.05) is 6.07 Å². The molecule has 0 bridgehead atoms. The maximum Gasteiger partial charge on any atom is 0.433 e. The highest BCUT2D eigenvalue weighted by molar-refractivity contribution is 7.15. The molecule has 0 radical (unpaired) electrons. The van der Waals surface area contributed by atoms with E-state index in [1.54, 1.807) is 29.3 Å². The zero-order valence-electron chi connectivity index (χ0n) is 17.1. The van der Waals surface area contributed by atoms with Gasteiger partial charge in [-0.2, -0.15) is 13.2 Å². The molecule has 1 aliphatic heterocycles. The largest absolute Gasteiger partial charge is 0.433 e. The quantitative estimate of drug-likeness (QED) is 0.603. The fourth-order valence-electron chi connectivity index (χ4n) is 3.48. The van der Waals surface area contributed by atoms with E-state index < -0.39 is 17.5 Å². The minimum atomic E-state index is -4.55. The zero-order chi connectivity index (χ0) is 22.9. The Kier molecular flexibility index (Phi) is 5.87. The molecule has 3 aromatic rings. The third-order valence-corrected chi connectivity index (χ3v) is 6.53. The molecule has 0 saturated carbocycles. The summed E-state index contributed by atoms with van der Waals surface area (Å²) in [4.78, 5) is 25.8. The van der Waals surface area contributed by atoms with Crippen molar-refractivity contribution in [1.82, 2.24) is 19.9 Å². The summed E-state index contributed by atoms with van der Waals surface area (Å²) in [6, 6.07) is 7.86. The summed E-state index contributed by atoms with van der Waals surface area (Å²) in [5, 5.41) is 14.4. The van der Waals surface area contributed by atoms with Crippen LogP contribution in [0.2, 0.25) is 0 Å². The second kappa shape index (κ2) is 8.47. The summed E-state index contributed by atoms with van der Waals surface area (Å²) >= 11 is 1.35. The number of hydrogen-bond acceptors (Lipinski definition) is 7. The molecule has 0 aliphatic carbocycles. The van der Waals surface area contributed by atoms with Gasteiger partial charge in [-0.3, -0.25) is 4.79 Å². The van der Waals surface area contributed by atoms with Crippen molar-refractivity contribution in [2.45, 2.75) is 31.5 Å². The number of nitrogens with one attached hydrogen (secondary N) is 1. The van der Waals surface area contributed by atoms with Crippen molar-refractivity contribution in [2.24, 2.45) is 0 Å². The smallest absolute Gasteiger partial charge is 0.383 e. The number of anilines is 2. The number of aromatic nitrogens is 3. The lowest BCUT2D eigenvalue weighted by atomic mass is 9.92. The summed E-state index contributed by atoms with van der Waals surface area (Å²) in [5.41, 5.74) is -0.806. The number of nitrogens with zero attached hydrogens (tertiary/aromatic N) is 4. The van der Waals surface area contributed by atoms with Gasteiger partial charge in [0.05, 0.1) is 4.88 Å². The van der Waals surface area contributed by atoms with E-state index in [1.165, 1.54) is 18.3 Å². The summed E-state index contributed by atoms with van der Waals surface area (Å²) in [6.07, 6.45) is -1.02. The van der Waals surface area contributed by atoms with Gasteiger partial charge in [0.1, 0.15) is 16.3 Å². The van der Waals surface area contributed by atoms with Gasteiger partial charge in [-0.25, -0.2) is 15.0 Å². The molecule has 168 valence electrons. The molecule has 0 atom stereocenters. The van der Waals surface area contributed by atoms with Gasteiger partial charge in [-0.1, -0.05) is 12.1 Å². The number of likely N-dealkylation sites (tertiary alicyclic amines) is 1. The Labute approximate surface area is 186 Å². The molecule has 1 fully saturated rings. The lowest BCUT2D eigenvalue weighted by Gasteiger charge is -2.36. The minimum Gasteiger partial charge on any atom is -0.383 e. The van der Waals surface area contributed by atoms with Crippen LogP contribution in [0.4, 0.5) is 24.8 Å². The molecule has 11 heteroatoms. The van der Waals surface area contributed by atoms with Crippen molar-refractivity contribution in [3.05, 3.63) is 53.4 Å². The highest BCUT2D eigenvalue weighted by atomic mass is 32.1. The van der Waals surface area contributed by atoms with Gasteiger partial charge in [0, 0.05) is 50.9 Å². The van der Waals surface area contributed by atoms with Crippen LogP contribution in [0.25, 0.3) is 10.4 Å². The van der Waals surface area contributed by atoms with E-state index in [0.29, 0.717) is 36.6 Å². The van der Waals surface area contributed by atoms with Crippen molar-refractivity contribution in [3.63, 3.8) is 0 Å². The maximum absolute atomic E-state index is 12.9. The van der Waals surface area contributed by atoms with Crippen LogP contribution in [0.1, 0.15) is 30.5 Å². The first-order chi connectivity index (χ1) is 15.1. The molecule has 2 aromatic heterocycles. The summed E-state index contributed by atoms with van der Waals surface area (Å²) in [7, 11) is 0. The first-order valence-corrected chi connectivity index (χ1v) is 10.7. The number of thiazole rings is 1. The predicted octanol–water partition coefficient (Wildman–Crippen LogP) is 4.19. The van der Waals surface area contributed by atoms with Crippen LogP contribution in [-0.2, 0) is 16.6 Å². The van der Waals surface area contributed by atoms with Crippen LogP contribution in [0.15, 0.2) is 42.7 Å². The number of halogens is 3. The molecule has 1 aromatic carbocycles. The Bertz CT molecular complexity index is 1130. The molecule has 1 aliphatic rings. The highest BCUT2D eigenvalue weighted by Crippen LogP contribution is 2.38. The number of piperidine rings is 1. The first-order valence-electron chi connectivity index (χ1n) is 9.86. The van der Waals surface area contributed by atoms with Gasteiger partial charge in [0.2, 0.25) is 11.9 Å². The molecule has 4 rings (SSSR count). The van der Waals surface area contributed by atoms with Gasteiger partial charge in [0.25, 0.3) is 0 Å². The van der Waals surface area contributed by atoms with Gasteiger partial charge in [-0.15, -0.1) is 11.3 Å². The number of alkyl halides is 3. The Morgan fingerprint density at radius 2 is 1.97 bits per heavy atom. The second-order valence-electron chi connectivity index (χ2n) is 7.54. The van der Waals surface area contributed by atoms with E-state index in [9.17, 15) is 23.1 Å². The van der Waals surface area contributed by atoms with Gasteiger partial charge in [0.15, 0.2) is 0 Å². The molecule has 1 saturated heterocycles. The Hall–Kier alpha value is -3.05. The van der Waals surface area contributed by atoms with E-state index >= 15 is 0 Å². The molecular weight excluding hydrogens is 443 g/mol. The second-order valence-corrected chi connectivity index (χ2v) is 8.57. The van der Waals surface area contributed by atoms with Crippen LogP contribution in [0.3, 0.4) is 0 Å². The summed E-state index contributed by atoms with van der Waals surface area (Å²) < 4.78 is 38.6. The Morgan fingerprint density at radius 1 is 1.22 bits per heavy atom. The van der Waals surface area contributed by atoms with E-state index in [4.69, 9.17) is 0 Å². The number of carbonyl (C=O) groups excluding carboxylic acids is 1. The number of benzene rings is 1. The van der Waals surface area contributed by atoms with Gasteiger partial charge >= 0.3 is 6.18 Å². The SMILES string of the molecule is CC(=O)N1CCC(O)(c2ncc(-c3cccc(Nc4nccc(C(F)(F)F)n4)c3)s2)CC1. The molecule has 1 amide bonds. The predicted molar refractivity (Wildman–Crippen MR) is 113 cm³/mol. The lowest BCUT2D eigenvalue weighted by Crippen LogP contribution is -2.44. The average molecular weight is 463 g/mol. The van der Waals surface area contributed by atoms with Crippen molar-refractivity contribution in [2.75, 3.05) is 18.4 Å². The summed E-state index contributed by atoms with van der Waals surface area (Å²) in [6.45, 7) is 2.45. The molecule has 3 heterocycles. The normalized spacial score (nSPS) is 16.1. The summed E-state index contributed by atoms with van der Waals surface area (Å²) in [5.74, 6) is -0.172. The van der Waals surface area contributed by atoms with Crippen LogP contribution in [0.5, 0.6) is 0 Å². The third kappa shape index (κ3) is 4.73. The number of amides is 1. The Balaban J connectivity index is 1.51. The van der Waals surface area contributed by atoms with Crippen LogP contribution >= 0.6 is 11.3 Å². The van der Waals surface area contributed by atoms with Gasteiger partial charge in [-0.05, 0) is 23.8 Å². The van der Waals surface area contributed by atoms with Crippen LogP contribution < -0.4 is 5.32 Å². The van der Waals surface area contributed by atoms with Crippen molar-refractivity contribution in [1.29, 1.82) is 0 Å². The van der Waals surface area contributed by atoms with Crippen molar-refractivity contribution >= 4 is 28.9 Å². The molecular formula is C21H20F3N5O2S. The average Bonchev–Trinajstić information content (AvgIpc) is 3.25. The highest BCUT2D eigenvalue weighted by Gasteiger charge is 2.37. The van der Waals surface area contributed by atoms with Crippen molar-refractivity contribution in [3.8, 4) is 10.4 Å². The van der Waals surface area contributed by atoms with E-state index in [-0.39, 0.29) is 11.9 Å². The van der Waals surface area contributed by atoms with Crippen molar-refractivity contribution < 1.29 is 23.1 Å². The minimum absolute atomic E-state index is 0.0130. The lowest BCUT2D eigenvalue weighted by molar-refractivity contribution is -0.141. The van der Waals surface area contributed by atoms with E-state index in [2.05, 4.69) is 20.3 Å². The topological polar surface area (TPSA) is 91.2 Å². The fourth-order valence-corrected chi connectivity index (χ4v) is 4.54.